The Kier molecular flexibility index (Phi) is 6.64. The Bertz CT molecular complexity index is 374. The number of esters is 1. The monoisotopic (exact) mass is 289 g/mol. The lowest BCUT2D eigenvalue weighted by Gasteiger charge is -2.26. The van der Waals surface area contributed by atoms with Crippen LogP contribution < -0.4 is 5.48 Å². The maximum absolute atomic E-state index is 11.8. The van der Waals surface area contributed by atoms with Crippen LogP contribution in [0.5, 0.6) is 0 Å². The van der Waals surface area contributed by atoms with Crippen LogP contribution in [-0.2, 0) is 23.9 Å². The Hall–Kier alpha value is -1.63. The van der Waals surface area contributed by atoms with E-state index in [0.29, 0.717) is 0 Å². The molecule has 0 spiro atoms. The van der Waals surface area contributed by atoms with E-state index in [1.165, 1.54) is 6.92 Å². The molecule has 1 N–H and O–H groups in total. The molecule has 116 valence electrons. The molecule has 0 bridgehead atoms. The molecule has 1 unspecified atom stereocenters. The van der Waals surface area contributed by atoms with E-state index in [1.54, 1.807) is 34.6 Å². The van der Waals surface area contributed by atoms with Crippen LogP contribution in [0.4, 0.5) is 4.79 Å². The Balaban J connectivity index is 4.80. The Morgan fingerprint density at radius 3 is 2.00 bits per heavy atom. The van der Waals surface area contributed by atoms with Gasteiger partial charge in [-0.2, -0.15) is 5.48 Å². The fourth-order valence-corrected chi connectivity index (χ4v) is 1.26. The van der Waals surface area contributed by atoms with E-state index in [4.69, 9.17) is 14.3 Å². The van der Waals surface area contributed by atoms with Crippen molar-refractivity contribution in [3.05, 3.63) is 0 Å². The fraction of sp³-hybridized carbons (Fsp3) is 0.769. The van der Waals surface area contributed by atoms with Gasteiger partial charge < -0.3 is 9.47 Å². The maximum Gasteiger partial charge on any atom is 0.431 e. The van der Waals surface area contributed by atoms with Gasteiger partial charge in [-0.1, -0.05) is 6.92 Å². The van der Waals surface area contributed by atoms with Crippen molar-refractivity contribution in [3.63, 3.8) is 0 Å². The fourth-order valence-electron chi connectivity index (χ4n) is 1.26. The quantitative estimate of drug-likeness (QED) is 0.455. The van der Waals surface area contributed by atoms with Crippen LogP contribution in [0.25, 0.3) is 0 Å². The normalized spacial score (nSPS) is 14.1. The van der Waals surface area contributed by atoms with Crippen molar-refractivity contribution in [1.29, 1.82) is 0 Å². The summed E-state index contributed by atoms with van der Waals surface area (Å²) >= 11 is 0. The number of carbonyl (C=O) groups is 3. The molecule has 0 aromatic rings. The predicted molar refractivity (Wildman–Crippen MR) is 70.8 cm³/mol. The van der Waals surface area contributed by atoms with E-state index in [9.17, 15) is 14.4 Å². The number of nitrogens with one attached hydrogen (secondary N) is 1. The summed E-state index contributed by atoms with van der Waals surface area (Å²) in [6.45, 7) is 9.55. The van der Waals surface area contributed by atoms with Gasteiger partial charge in [-0.15, -0.1) is 0 Å². The molecule has 0 aliphatic heterocycles. The molecule has 0 aromatic heterocycles. The number of amides is 1. The van der Waals surface area contributed by atoms with E-state index in [1.807, 2.05) is 5.48 Å². The van der Waals surface area contributed by atoms with Crippen molar-refractivity contribution >= 4 is 17.8 Å². The summed E-state index contributed by atoms with van der Waals surface area (Å²) in [5.41, 5.74) is -0.655. The van der Waals surface area contributed by atoms with Crippen LogP contribution in [0.3, 0.4) is 0 Å². The molecule has 0 radical (unpaired) electrons. The molecule has 0 heterocycles. The first-order valence-electron chi connectivity index (χ1n) is 6.44. The number of hydrogen-bond acceptors (Lipinski definition) is 6. The van der Waals surface area contributed by atoms with Crippen molar-refractivity contribution < 1.29 is 28.7 Å². The second-order valence-electron chi connectivity index (χ2n) is 5.24. The Morgan fingerprint density at radius 1 is 1.05 bits per heavy atom. The second-order valence-corrected chi connectivity index (χ2v) is 5.24. The van der Waals surface area contributed by atoms with Gasteiger partial charge in [-0.25, -0.2) is 14.4 Å². The third kappa shape index (κ3) is 5.56. The largest absolute Gasteiger partial charge is 0.463 e. The molecule has 7 heteroatoms. The molecule has 1 atom stereocenters. The van der Waals surface area contributed by atoms with Gasteiger partial charge in [-0.3, -0.25) is 4.79 Å². The van der Waals surface area contributed by atoms with Crippen molar-refractivity contribution in [3.8, 4) is 0 Å². The number of carbonyl (C=O) groups excluding carboxylic acids is 3. The highest BCUT2D eigenvalue weighted by Gasteiger charge is 2.44. The summed E-state index contributed by atoms with van der Waals surface area (Å²) < 4.78 is 9.73. The smallest absolute Gasteiger partial charge is 0.431 e. The zero-order valence-electron chi connectivity index (χ0n) is 12.9. The summed E-state index contributed by atoms with van der Waals surface area (Å²) in [6, 6.07) is 0. The maximum atomic E-state index is 11.8. The van der Waals surface area contributed by atoms with Gasteiger partial charge >= 0.3 is 12.1 Å². The van der Waals surface area contributed by atoms with Gasteiger partial charge in [0.15, 0.2) is 5.78 Å². The SMILES string of the molecule is CCOC(=O)C(C)(ONC(=O)OC(C)(C)C)C(=O)CC. The van der Waals surface area contributed by atoms with Crippen LogP contribution in [0.1, 0.15) is 48.0 Å². The zero-order valence-corrected chi connectivity index (χ0v) is 12.9. The van der Waals surface area contributed by atoms with Gasteiger partial charge in [0.2, 0.25) is 5.60 Å². The number of hydrogen-bond donors (Lipinski definition) is 1. The highest BCUT2D eigenvalue weighted by atomic mass is 16.7. The van der Waals surface area contributed by atoms with Crippen molar-refractivity contribution in [2.75, 3.05) is 6.61 Å². The van der Waals surface area contributed by atoms with E-state index in [2.05, 4.69) is 0 Å². The Labute approximate surface area is 118 Å². The number of ketones is 1. The van der Waals surface area contributed by atoms with E-state index in [0.717, 1.165) is 0 Å². The minimum atomic E-state index is -1.89. The van der Waals surface area contributed by atoms with Crippen molar-refractivity contribution in [2.45, 2.75) is 59.2 Å². The number of rotatable bonds is 6. The third-order valence-corrected chi connectivity index (χ3v) is 2.26. The minimum absolute atomic E-state index is 0.0608. The lowest BCUT2D eigenvalue weighted by molar-refractivity contribution is -0.182. The molecule has 0 saturated carbocycles. The topological polar surface area (TPSA) is 90.9 Å². The summed E-state index contributed by atoms with van der Waals surface area (Å²) in [4.78, 5) is 40.1. The highest BCUT2D eigenvalue weighted by molar-refractivity contribution is 6.06. The highest BCUT2D eigenvalue weighted by Crippen LogP contribution is 2.16. The van der Waals surface area contributed by atoms with Crippen LogP contribution in [0, 0.1) is 0 Å². The van der Waals surface area contributed by atoms with E-state index < -0.39 is 29.0 Å². The standard InChI is InChI=1S/C13H23NO6/c1-7-9(15)13(6,10(16)18-8-2)20-14-11(17)19-12(3,4)5/h7-8H2,1-6H3,(H,14,17). The van der Waals surface area contributed by atoms with Crippen molar-refractivity contribution in [1.82, 2.24) is 5.48 Å². The number of hydroxylamine groups is 1. The summed E-state index contributed by atoms with van der Waals surface area (Å²) in [5.74, 6) is -1.37. The average Bonchev–Trinajstić information content (AvgIpc) is 2.33. The lowest BCUT2D eigenvalue weighted by Crippen LogP contribution is -2.52. The molecule has 7 nitrogen and oxygen atoms in total. The second kappa shape index (κ2) is 7.23. The molecule has 0 aromatic carbocycles. The molecule has 20 heavy (non-hydrogen) atoms. The van der Waals surface area contributed by atoms with Crippen LogP contribution in [0.15, 0.2) is 0 Å². The van der Waals surface area contributed by atoms with E-state index >= 15 is 0 Å². The first kappa shape index (κ1) is 18.4. The number of ether oxygens (including phenoxy) is 2. The average molecular weight is 289 g/mol. The molecule has 0 saturated heterocycles. The summed E-state index contributed by atoms with van der Waals surface area (Å²) in [7, 11) is 0. The van der Waals surface area contributed by atoms with Gasteiger partial charge in [-0.05, 0) is 34.6 Å². The molecule has 0 aliphatic rings. The van der Waals surface area contributed by atoms with Gasteiger partial charge in [0.1, 0.15) is 5.60 Å². The molecule has 0 rings (SSSR count). The summed E-state index contributed by atoms with van der Waals surface area (Å²) in [5, 5.41) is 0. The van der Waals surface area contributed by atoms with Gasteiger partial charge in [0.05, 0.1) is 6.61 Å². The predicted octanol–water partition coefficient (Wildman–Crippen LogP) is 1.74. The molecule has 1 amide bonds. The first-order chi connectivity index (χ1) is 9.06. The van der Waals surface area contributed by atoms with Crippen LogP contribution in [-0.4, -0.2) is 35.7 Å². The van der Waals surface area contributed by atoms with Crippen LogP contribution in [0.2, 0.25) is 0 Å². The molecule has 0 fully saturated rings. The number of Topliss-reactive ketones (excluding diaryl/α,β-unsaturated/α-hetero) is 1. The molecule has 0 aliphatic carbocycles. The first-order valence-corrected chi connectivity index (χ1v) is 6.44. The van der Waals surface area contributed by atoms with Gasteiger partial charge in [0.25, 0.3) is 0 Å². The summed E-state index contributed by atoms with van der Waals surface area (Å²) in [6.07, 6.45) is -0.831. The van der Waals surface area contributed by atoms with Crippen LogP contribution >= 0.6 is 0 Å². The lowest BCUT2D eigenvalue weighted by atomic mass is 9.99. The van der Waals surface area contributed by atoms with E-state index in [-0.39, 0.29) is 13.0 Å². The third-order valence-electron chi connectivity index (χ3n) is 2.26. The zero-order chi connectivity index (χ0) is 16.0. The van der Waals surface area contributed by atoms with Gasteiger partial charge in [0, 0.05) is 6.42 Å². The minimum Gasteiger partial charge on any atom is -0.463 e. The van der Waals surface area contributed by atoms with Crippen molar-refractivity contribution in [2.24, 2.45) is 0 Å². The molecular weight excluding hydrogens is 266 g/mol. The Morgan fingerprint density at radius 2 is 1.60 bits per heavy atom. The molecular formula is C13H23NO6.